The van der Waals surface area contributed by atoms with Crippen molar-refractivity contribution in [2.45, 2.75) is 17.7 Å². The molecule has 0 bridgehead atoms. The summed E-state index contributed by atoms with van der Waals surface area (Å²) in [5.41, 5.74) is -0.0162. The highest BCUT2D eigenvalue weighted by atomic mass is 32.2. The summed E-state index contributed by atoms with van der Waals surface area (Å²) in [5, 5.41) is 2.50. The molecule has 24 heavy (non-hydrogen) atoms. The number of esters is 1. The number of aromatic amines is 1. The normalized spacial score (nSPS) is 15.4. The molecule has 1 fully saturated rings. The molecule has 0 aromatic carbocycles. The number of H-pyrrole nitrogens is 1. The van der Waals surface area contributed by atoms with Gasteiger partial charge in [-0.2, -0.15) is 4.31 Å². The van der Waals surface area contributed by atoms with E-state index in [1.54, 1.807) is 0 Å². The standard InChI is InChI=1S/C14H21N3O6S/c1-22-7-4-15-13(18)10-23-14(19)12-8-11(9-16-12)24(20,21)17-5-2-3-6-17/h8-9,16H,2-7,10H2,1H3,(H,15,18). The van der Waals surface area contributed by atoms with Crippen LogP contribution in [0.5, 0.6) is 0 Å². The first kappa shape index (κ1) is 18.4. The summed E-state index contributed by atoms with van der Waals surface area (Å²) in [4.78, 5) is 25.9. The Hall–Kier alpha value is -1.91. The zero-order valence-electron chi connectivity index (χ0n) is 13.4. The van der Waals surface area contributed by atoms with Gasteiger partial charge < -0.3 is 19.8 Å². The third kappa shape index (κ3) is 4.56. The molecule has 1 aliphatic heterocycles. The molecule has 2 rings (SSSR count). The van der Waals surface area contributed by atoms with Crippen LogP contribution in [0.1, 0.15) is 23.3 Å². The summed E-state index contributed by atoms with van der Waals surface area (Å²) in [5.74, 6) is -1.25. The van der Waals surface area contributed by atoms with Crippen molar-refractivity contribution in [1.82, 2.24) is 14.6 Å². The predicted molar refractivity (Wildman–Crippen MR) is 84.0 cm³/mol. The van der Waals surface area contributed by atoms with Crippen LogP contribution in [-0.2, 0) is 24.3 Å². The third-order valence-corrected chi connectivity index (χ3v) is 5.42. The van der Waals surface area contributed by atoms with Gasteiger partial charge in [0.2, 0.25) is 10.0 Å². The number of hydrogen-bond donors (Lipinski definition) is 2. The van der Waals surface area contributed by atoms with Gasteiger partial charge >= 0.3 is 5.97 Å². The lowest BCUT2D eigenvalue weighted by Crippen LogP contribution is -2.31. The van der Waals surface area contributed by atoms with E-state index in [1.165, 1.54) is 23.7 Å². The predicted octanol–water partition coefficient (Wildman–Crippen LogP) is -0.281. The van der Waals surface area contributed by atoms with Crippen LogP contribution < -0.4 is 5.32 Å². The number of sulfonamides is 1. The highest BCUT2D eigenvalue weighted by molar-refractivity contribution is 7.89. The second-order valence-corrected chi connectivity index (χ2v) is 7.22. The van der Waals surface area contributed by atoms with Gasteiger partial charge in [0, 0.05) is 32.9 Å². The maximum atomic E-state index is 12.4. The van der Waals surface area contributed by atoms with Crippen LogP contribution in [0.3, 0.4) is 0 Å². The Morgan fingerprint density at radius 3 is 2.71 bits per heavy atom. The fourth-order valence-electron chi connectivity index (χ4n) is 2.27. The number of nitrogens with one attached hydrogen (secondary N) is 2. The van der Waals surface area contributed by atoms with Crippen LogP contribution in [-0.4, -0.2) is 69.5 Å². The lowest BCUT2D eigenvalue weighted by Gasteiger charge is -2.13. The first-order valence-corrected chi connectivity index (χ1v) is 9.00. The fourth-order valence-corrected chi connectivity index (χ4v) is 3.78. The van der Waals surface area contributed by atoms with Crippen molar-refractivity contribution in [2.75, 3.05) is 40.0 Å². The van der Waals surface area contributed by atoms with E-state index < -0.39 is 28.5 Å². The summed E-state index contributed by atoms with van der Waals surface area (Å²) >= 11 is 0. The summed E-state index contributed by atoms with van der Waals surface area (Å²) in [7, 11) is -2.09. The van der Waals surface area contributed by atoms with Crippen molar-refractivity contribution in [1.29, 1.82) is 0 Å². The monoisotopic (exact) mass is 359 g/mol. The Morgan fingerprint density at radius 1 is 1.33 bits per heavy atom. The number of amides is 1. The smallest absolute Gasteiger partial charge is 0.355 e. The molecule has 134 valence electrons. The average molecular weight is 359 g/mol. The second-order valence-electron chi connectivity index (χ2n) is 5.28. The minimum Gasteiger partial charge on any atom is -0.451 e. The number of rotatable bonds is 8. The number of carbonyl (C=O) groups is 2. The topological polar surface area (TPSA) is 118 Å². The highest BCUT2D eigenvalue weighted by Crippen LogP contribution is 2.21. The number of nitrogens with zero attached hydrogens (tertiary/aromatic N) is 1. The maximum Gasteiger partial charge on any atom is 0.355 e. The largest absolute Gasteiger partial charge is 0.451 e. The van der Waals surface area contributed by atoms with E-state index in [1.807, 2.05) is 0 Å². The Kier molecular flexibility index (Phi) is 6.35. The maximum absolute atomic E-state index is 12.4. The van der Waals surface area contributed by atoms with Crippen molar-refractivity contribution < 1.29 is 27.5 Å². The summed E-state index contributed by atoms with van der Waals surface area (Å²) in [6, 6.07) is 1.22. The van der Waals surface area contributed by atoms with E-state index in [2.05, 4.69) is 10.3 Å². The highest BCUT2D eigenvalue weighted by Gasteiger charge is 2.28. The van der Waals surface area contributed by atoms with Crippen LogP contribution in [0.25, 0.3) is 0 Å². The van der Waals surface area contributed by atoms with Gasteiger partial charge in [-0.1, -0.05) is 0 Å². The first-order chi connectivity index (χ1) is 11.4. The van der Waals surface area contributed by atoms with Gasteiger partial charge in [0.15, 0.2) is 6.61 Å². The third-order valence-electron chi connectivity index (χ3n) is 3.54. The van der Waals surface area contributed by atoms with E-state index in [-0.39, 0.29) is 10.6 Å². The lowest BCUT2D eigenvalue weighted by molar-refractivity contribution is -0.124. The molecule has 2 N–H and O–H groups in total. The minimum atomic E-state index is -3.60. The van der Waals surface area contributed by atoms with Gasteiger partial charge in [0.25, 0.3) is 5.91 Å². The summed E-state index contributed by atoms with van der Waals surface area (Å²) in [6.45, 7) is 1.18. The number of methoxy groups -OCH3 is 1. The lowest BCUT2D eigenvalue weighted by atomic mass is 10.4. The molecule has 10 heteroatoms. The molecule has 0 saturated carbocycles. The van der Waals surface area contributed by atoms with Gasteiger partial charge in [-0.15, -0.1) is 0 Å². The molecular formula is C14H21N3O6S. The number of hydrogen-bond acceptors (Lipinski definition) is 6. The van der Waals surface area contributed by atoms with Crippen LogP contribution in [0.4, 0.5) is 0 Å². The summed E-state index contributed by atoms with van der Waals surface area (Å²) < 4.78 is 35.7. The Labute approximate surface area is 140 Å². The van der Waals surface area contributed by atoms with E-state index in [0.717, 1.165) is 12.8 Å². The molecule has 0 radical (unpaired) electrons. The van der Waals surface area contributed by atoms with Gasteiger partial charge in [0.05, 0.1) is 6.61 Å². The van der Waals surface area contributed by atoms with Crippen molar-refractivity contribution in [3.63, 3.8) is 0 Å². The van der Waals surface area contributed by atoms with E-state index in [4.69, 9.17) is 9.47 Å². The van der Waals surface area contributed by atoms with E-state index in [9.17, 15) is 18.0 Å². The Balaban J connectivity index is 1.90. The van der Waals surface area contributed by atoms with Crippen LogP contribution in [0, 0.1) is 0 Å². The van der Waals surface area contributed by atoms with Gasteiger partial charge in [-0.25, -0.2) is 13.2 Å². The number of aromatic nitrogens is 1. The average Bonchev–Trinajstić information content (AvgIpc) is 3.24. The molecule has 0 unspecified atom stereocenters. The van der Waals surface area contributed by atoms with Crippen LogP contribution >= 0.6 is 0 Å². The quantitative estimate of drug-likeness (QED) is 0.487. The molecule has 1 amide bonds. The summed E-state index contributed by atoms with van der Waals surface area (Å²) in [6.07, 6.45) is 2.91. The van der Waals surface area contributed by atoms with Crippen molar-refractivity contribution in [3.8, 4) is 0 Å². The molecule has 0 spiro atoms. The molecular weight excluding hydrogens is 338 g/mol. The van der Waals surface area contributed by atoms with Crippen molar-refractivity contribution in [2.24, 2.45) is 0 Å². The van der Waals surface area contributed by atoms with E-state index >= 15 is 0 Å². The molecule has 0 atom stereocenters. The zero-order chi connectivity index (χ0) is 17.6. The first-order valence-electron chi connectivity index (χ1n) is 7.56. The molecule has 2 heterocycles. The minimum absolute atomic E-state index is 0.0147. The number of carbonyl (C=O) groups excluding carboxylic acids is 2. The van der Waals surface area contributed by atoms with Gasteiger partial charge in [0.1, 0.15) is 10.6 Å². The van der Waals surface area contributed by atoms with Crippen molar-refractivity contribution >= 4 is 21.9 Å². The molecule has 1 saturated heterocycles. The molecule has 0 aliphatic carbocycles. The molecule has 9 nitrogen and oxygen atoms in total. The zero-order valence-corrected chi connectivity index (χ0v) is 14.2. The Bertz CT molecular complexity index is 678. The fraction of sp³-hybridized carbons (Fsp3) is 0.571. The Morgan fingerprint density at radius 2 is 2.04 bits per heavy atom. The molecule has 1 aromatic rings. The van der Waals surface area contributed by atoms with E-state index in [0.29, 0.717) is 26.2 Å². The number of ether oxygens (including phenoxy) is 2. The molecule has 1 aromatic heterocycles. The SMILES string of the molecule is COCCNC(=O)COC(=O)c1cc(S(=O)(=O)N2CCCC2)c[nH]1. The van der Waals surface area contributed by atoms with Crippen LogP contribution in [0.15, 0.2) is 17.2 Å². The second kappa shape index (κ2) is 8.27. The van der Waals surface area contributed by atoms with Gasteiger partial charge in [-0.3, -0.25) is 4.79 Å². The van der Waals surface area contributed by atoms with Crippen LogP contribution in [0.2, 0.25) is 0 Å². The molecule has 1 aliphatic rings. The van der Waals surface area contributed by atoms with Gasteiger partial charge in [-0.05, 0) is 18.9 Å². The van der Waals surface area contributed by atoms with Crippen molar-refractivity contribution in [3.05, 3.63) is 18.0 Å².